The fraction of sp³-hybridized carbons (Fsp3) is 0.708. The number of ether oxygens (including phenoxy) is 2. The zero-order valence-corrected chi connectivity index (χ0v) is 19.4. The van der Waals surface area contributed by atoms with E-state index in [1.807, 2.05) is 38.1 Å². The normalized spacial score (nSPS) is 20.6. The molecule has 0 amide bonds. The van der Waals surface area contributed by atoms with Crippen molar-refractivity contribution in [3.63, 3.8) is 0 Å². The number of aliphatic hydroxyl groups excluding tert-OH is 1. The largest absolute Gasteiger partial charge is 0.491 e. The quantitative estimate of drug-likeness (QED) is 0.411. The second-order valence-corrected chi connectivity index (χ2v) is 8.86. The highest BCUT2D eigenvalue weighted by molar-refractivity contribution is 5.79. The molecule has 1 unspecified atom stereocenters. The molecule has 2 saturated heterocycles. The first-order chi connectivity index (χ1) is 15.0. The Morgan fingerprint density at radius 1 is 1.16 bits per heavy atom. The third-order valence-corrected chi connectivity index (χ3v) is 6.18. The van der Waals surface area contributed by atoms with E-state index in [0.29, 0.717) is 6.54 Å². The number of benzene rings is 1. The maximum atomic E-state index is 10.6. The summed E-state index contributed by atoms with van der Waals surface area (Å²) in [6.07, 6.45) is 4.13. The Labute approximate surface area is 187 Å². The number of nitrogens with zero attached hydrogens (tertiary/aromatic N) is 2. The average Bonchev–Trinajstić information content (AvgIpc) is 3.32. The van der Waals surface area contributed by atoms with Crippen LogP contribution in [-0.2, 0) is 4.74 Å². The van der Waals surface area contributed by atoms with Gasteiger partial charge < -0.3 is 25.2 Å². The molecule has 0 saturated carbocycles. The zero-order chi connectivity index (χ0) is 22.1. The first-order valence-corrected chi connectivity index (χ1v) is 11.8. The molecule has 2 aliphatic heterocycles. The van der Waals surface area contributed by atoms with E-state index in [2.05, 4.69) is 22.5 Å². The van der Waals surface area contributed by atoms with Crippen LogP contribution in [0.4, 0.5) is 0 Å². The van der Waals surface area contributed by atoms with Gasteiger partial charge in [-0.3, -0.25) is 9.89 Å². The predicted molar refractivity (Wildman–Crippen MR) is 125 cm³/mol. The molecule has 0 radical (unpaired) electrons. The number of likely N-dealkylation sites (tertiary alicyclic amines) is 1. The van der Waals surface area contributed by atoms with E-state index >= 15 is 0 Å². The standard InChI is InChI=1S/C24H40N4O3/c1-4-25-23(26-17-22(29)20-7-9-21(10-8-20)31-19(2)3)27-18-24(11-15-30-16-12-24)28-13-5-6-14-28/h7-10,19,22,29H,4-6,11-18H2,1-3H3,(H2,25,26,27). The predicted octanol–water partition coefficient (Wildman–Crippen LogP) is 2.71. The summed E-state index contributed by atoms with van der Waals surface area (Å²) in [5, 5.41) is 17.3. The van der Waals surface area contributed by atoms with Crippen LogP contribution >= 0.6 is 0 Å². The molecule has 0 bridgehead atoms. The fourth-order valence-corrected chi connectivity index (χ4v) is 4.44. The summed E-state index contributed by atoms with van der Waals surface area (Å²) in [5.41, 5.74) is 0.958. The van der Waals surface area contributed by atoms with Crippen LogP contribution < -0.4 is 15.4 Å². The van der Waals surface area contributed by atoms with Gasteiger partial charge in [0.1, 0.15) is 5.75 Å². The summed E-state index contributed by atoms with van der Waals surface area (Å²) in [6.45, 7) is 11.9. The van der Waals surface area contributed by atoms with E-state index in [1.165, 1.54) is 12.8 Å². The van der Waals surface area contributed by atoms with Gasteiger partial charge in [0.25, 0.3) is 0 Å². The lowest BCUT2D eigenvalue weighted by molar-refractivity contribution is -0.0139. The Balaban J connectivity index is 1.59. The van der Waals surface area contributed by atoms with Gasteiger partial charge in [-0.15, -0.1) is 0 Å². The molecule has 0 spiro atoms. The van der Waals surface area contributed by atoms with Gasteiger partial charge in [-0.05, 0) is 77.2 Å². The minimum atomic E-state index is -0.618. The van der Waals surface area contributed by atoms with Crippen molar-refractivity contribution >= 4 is 5.96 Å². The molecule has 174 valence electrons. The third kappa shape index (κ3) is 6.82. The lowest BCUT2D eigenvalue weighted by atomic mass is 9.88. The van der Waals surface area contributed by atoms with Crippen LogP contribution in [0.15, 0.2) is 29.3 Å². The van der Waals surface area contributed by atoms with Gasteiger partial charge in [-0.25, -0.2) is 0 Å². The van der Waals surface area contributed by atoms with Crippen molar-refractivity contribution < 1.29 is 14.6 Å². The maximum Gasteiger partial charge on any atom is 0.191 e. The molecule has 3 rings (SSSR count). The van der Waals surface area contributed by atoms with Crippen molar-refractivity contribution in [2.24, 2.45) is 4.99 Å². The number of guanidine groups is 1. The van der Waals surface area contributed by atoms with Crippen molar-refractivity contribution in [2.45, 2.75) is 64.2 Å². The van der Waals surface area contributed by atoms with Gasteiger partial charge in [0.2, 0.25) is 0 Å². The summed E-state index contributed by atoms with van der Waals surface area (Å²) < 4.78 is 11.3. The molecule has 1 aromatic rings. The van der Waals surface area contributed by atoms with E-state index in [9.17, 15) is 5.11 Å². The highest BCUT2D eigenvalue weighted by Gasteiger charge is 2.39. The second kappa shape index (κ2) is 11.7. The van der Waals surface area contributed by atoms with Gasteiger partial charge in [0.05, 0.1) is 18.8 Å². The highest BCUT2D eigenvalue weighted by Crippen LogP contribution is 2.31. The van der Waals surface area contributed by atoms with Crippen molar-refractivity contribution in [1.29, 1.82) is 0 Å². The summed E-state index contributed by atoms with van der Waals surface area (Å²) in [4.78, 5) is 7.56. The zero-order valence-electron chi connectivity index (χ0n) is 19.4. The summed E-state index contributed by atoms with van der Waals surface area (Å²) >= 11 is 0. The smallest absolute Gasteiger partial charge is 0.191 e. The van der Waals surface area contributed by atoms with E-state index in [1.54, 1.807) is 0 Å². The molecule has 2 aliphatic rings. The Kier molecular flexibility index (Phi) is 8.99. The molecular weight excluding hydrogens is 392 g/mol. The van der Waals surface area contributed by atoms with E-state index in [0.717, 1.165) is 69.5 Å². The molecular formula is C24H40N4O3. The first-order valence-electron chi connectivity index (χ1n) is 11.8. The van der Waals surface area contributed by atoms with Gasteiger partial charge >= 0.3 is 0 Å². The molecule has 1 atom stereocenters. The highest BCUT2D eigenvalue weighted by atomic mass is 16.5. The number of aliphatic imine (C=N–C) groups is 1. The molecule has 3 N–H and O–H groups in total. The van der Waals surface area contributed by atoms with Gasteiger partial charge in [0.15, 0.2) is 5.96 Å². The van der Waals surface area contributed by atoms with Crippen LogP contribution in [0.2, 0.25) is 0 Å². The molecule has 0 aromatic heterocycles. The van der Waals surface area contributed by atoms with E-state index < -0.39 is 6.10 Å². The lowest BCUT2D eigenvalue weighted by Crippen LogP contribution is -2.54. The molecule has 7 heteroatoms. The topological polar surface area (TPSA) is 78.4 Å². The third-order valence-electron chi connectivity index (χ3n) is 6.18. The van der Waals surface area contributed by atoms with Crippen molar-refractivity contribution in [3.05, 3.63) is 29.8 Å². The average molecular weight is 433 g/mol. The minimum absolute atomic E-state index is 0.0992. The van der Waals surface area contributed by atoms with E-state index in [4.69, 9.17) is 14.5 Å². The monoisotopic (exact) mass is 432 g/mol. The molecule has 1 aromatic carbocycles. The van der Waals surface area contributed by atoms with E-state index in [-0.39, 0.29) is 11.6 Å². The molecule has 2 heterocycles. The van der Waals surface area contributed by atoms with Crippen LogP contribution in [-0.4, -0.2) is 73.5 Å². The van der Waals surface area contributed by atoms with Crippen LogP contribution in [0.3, 0.4) is 0 Å². The van der Waals surface area contributed by atoms with Crippen LogP contribution in [0, 0.1) is 0 Å². The summed E-state index contributed by atoms with van der Waals surface area (Å²) in [6, 6.07) is 7.64. The van der Waals surface area contributed by atoms with Gasteiger partial charge in [-0.2, -0.15) is 0 Å². The van der Waals surface area contributed by atoms with Crippen LogP contribution in [0.5, 0.6) is 5.75 Å². The maximum absolute atomic E-state index is 10.6. The fourth-order valence-electron chi connectivity index (χ4n) is 4.44. The Morgan fingerprint density at radius 2 is 1.84 bits per heavy atom. The number of nitrogens with one attached hydrogen (secondary N) is 2. The minimum Gasteiger partial charge on any atom is -0.491 e. The lowest BCUT2D eigenvalue weighted by Gasteiger charge is -2.43. The van der Waals surface area contributed by atoms with Crippen molar-refractivity contribution in [1.82, 2.24) is 15.5 Å². The van der Waals surface area contributed by atoms with Gasteiger partial charge in [0, 0.05) is 31.8 Å². The van der Waals surface area contributed by atoms with Gasteiger partial charge in [-0.1, -0.05) is 12.1 Å². The Bertz CT molecular complexity index is 681. The number of aliphatic hydroxyl groups is 1. The molecule has 0 aliphatic carbocycles. The summed E-state index contributed by atoms with van der Waals surface area (Å²) in [5.74, 6) is 1.57. The Hall–Kier alpha value is -1.83. The Morgan fingerprint density at radius 3 is 2.45 bits per heavy atom. The molecule has 2 fully saturated rings. The molecule has 7 nitrogen and oxygen atoms in total. The second-order valence-electron chi connectivity index (χ2n) is 8.86. The SMILES string of the molecule is CCNC(=NCC1(N2CCCC2)CCOCC1)NCC(O)c1ccc(OC(C)C)cc1. The molecule has 31 heavy (non-hydrogen) atoms. The number of hydrogen-bond acceptors (Lipinski definition) is 5. The number of rotatable bonds is 9. The van der Waals surface area contributed by atoms with Crippen molar-refractivity contribution in [2.75, 3.05) is 45.9 Å². The summed E-state index contributed by atoms with van der Waals surface area (Å²) in [7, 11) is 0. The van der Waals surface area contributed by atoms with Crippen LogP contribution in [0.1, 0.15) is 58.1 Å². The number of hydrogen-bond donors (Lipinski definition) is 3. The van der Waals surface area contributed by atoms with Crippen molar-refractivity contribution in [3.8, 4) is 5.75 Å². The first kappa shape index (κ1) is 23.8. The van der Waals surface area contributed by atoms with Crippen LogP contribution in [0.25, 0.3) is 0 Å².